The van der Waals surface area contributed by atoms with Crippen LogP contribution in [0.5, 0.6) is 0 Å². The maximum Gasteiger partial charge on any atom is 0.534 e. The highest BCUT2D eigenvalue weighted by atomic mass is 32.2. The second-order valence-corrected chi connectivity index (χ2v) is 12.5. The molecule has 220 valence electrons. The lowest BCUT2D eigenvalue weighted by Gasteiger charge is -2.49. The molecule has 0 spiro atoms. The Morgan fingerprint density at radius 1 is 1.00 bits per heavy atom. The lowest BCUT2D eigenvalue weighted by molar-refractivity contribution is -0.154. The van der Waals surface area contributed by atoms with Gasteiger partial charge in [-0.1, -0.05) is 60.7 Å². The van der Waals surface area contributed by atoms with Crippen LogP contribution in [-0.2, 0) is 33.4 Å². The number of hydrogen-bond donors (Lipinski definition) is 1. The molecule has 1 N–H and O–H groups in total. The van der Waals surface area contributed by atoms with Crippen molar-refractivity contribution in [2.45, 2.75) is 49.4 Å². The Morgan fingerprint density at radius 3 is 2.02 bits per heavy atom. The number of fused-ring (bicyclic) bond motifs is 1. The average molecular weight is 615 g/mol. The first-order valence-electron chi connectivity index (χ1n) is 12.1. The fourth-order valence-corrected chi connectivity index (χ4v) is 5.83. The number of thioether (sulfide) groups is 1. The van der Waals surface area contributed by atoms with E-state index in [1.165, 1.54) is 0 Å². The van der Waals surface area contributed by atoms with Crippen LogP contribution in [0.4, 0.5) is 18.0 Å². The highest BCUT2D eigenvalue weighted by Gasteiger charge is 2.57. The van der Waals surface area contributed by atoms with E-state index >= 15 is 0 Å². The molecule has 0 aliphatic carbocycles. The Morgan fingerprint density at radius 2 is 1.54 bits per heavy atom. The smallest absolute Gasteiger partial charge is 0.448 e. The van der Waals surface area contributed by atoms with Crippen molar-refractivity contribution < 1.29 is 49.6 Å². The Kier molecular flexibility index (Phi) is 8.32. The van der Waals surface area contributed by atoms with Gasteiger partial charge in [-0.05, 0) is 31.9 Å². The number of alkyl halides is 3. The minimum absolute atomic E-state index is 0.499. The number of halogens is 3. The van der Waals surface area contributed by atoms with Gasteiger partial charge in [-0.15, -0.1) is 11.8 Å². The number of benzene rings is 2. The Hall–Kier alpha value is -3.72. The fraction of sp³-hybridized carbons (Fsp3) is 0.346. The van der Waals surface area contributed by atoms with Crippen molar-refractivity contribution in [3.63, 3.8) is 0 Å². The van der Waals surface area contributed by atoms with E-state index in [9.17, 15) is 36.0 Å². The molecular weight excluding hydrogens is 589 g/mol. The second-order valence-electron chi connectivity index (χ2n) is 9.90. The van der Waals surface area contributed by atoms with E-state index in [0.29, 0.717) is 11.1 Å². The Balaban J connectivity index is 1.70. The number of rotatable bonds is 7. The molecule has 2 atom stereocenters. The van der Waals surface area contributed by atoms with E-state index in [-0.39, 0.29) is 0 Å². The summed E-state index contributed by atoms with van der Waals surface area (Å²) < 4.78 is 78.5. The topological polar surface area (TPSA) is 128 Å². The maximum atomic E-state index is 13.6. The number of carbonyl (C=O) groups is 3. The Bertz CT molecular complexity index is 1420. The first-order valence-corrected chi connectivity index (χ1v) is 14.5. The molecule has 2 heterocycles. The highest BCUT2D eigenvalue weighted by molar-refractivity contribution is 8.00. The zero-order valence-electron chi connectivity index (χ0n) is 21.9. The minimum atomic E-state index is -6.19. The van der Waals surface area contributed by atoms with Crippen molar-refractivity contribution >= 4 is 39.8 Å². The molecule has 4 rings (SSSR count). The molecule has 0 aromatic heterocycles. The third-order valence-electron chi connectivity index (χ3n) is 5.72. The van der Waals surface area contributed by atoms with Gasteiger partial charge in [0, 0.05) is 0 Å². The molecule has 41 heavy (non-hydrogen) atoms. The lowest BCUT2D eigenvalue weighted by Crippen LogP contribution is -2.71. The van der Waals surface area contributed by atoms with Gasteiger partial charge in [0.1, 0.15) is 17.0 Å². The van der Waals surface area contributed by atoms with E-state index in [2.05, 4.69) is 9.50 Å². The molecular formula is C26H25F3N2O8S2. The number of esters is 1. The predicted octanol–water partition coefficient (Wildman–Crippen LogP) is 4.21. The van der Waals surface area contributed by atoms with Crippen LogP contribution in [0.3, 0.4) is 0 Å². The molecule has 2 aliphatic heterocycles. The molecule has 15 heteroatoms. The van der Waals surface area contributed by atoms with Gasteiger partial charge in [0.25, 0.3) is 5.91 Å². The van der Waals surface area contributed by atoms with Gasteiger partial charge in [0.05, 0.1) is 5.75 Å². The largest absolute Gasteiger partial charge is 0.534 e. The fourth-order valence-electron chi connectivity index (χ4n) is 4.01. The van der Waals surface area contributed by atoms with Crippen LogP contribution < -0.4 is 5.32 Å². The van der Waals surface area contributed by atoms with Crippen molar-refractivity contribution in [3.8, 4) is 0 Å². The molecule has 10 nitrogen and oxygen atoms in total. The standard InChI is InChI=1S/C26H25F3N2O8S2/c1-25(2,3)38-24(34)30-18-21(32)31-19(17(14-40-22(18)31)39-41(35,36)26(27,28)29)23(33)37-20(15-10-6-4-7-11-15)16-12-8-5-9-13-16/h4-13,18,20,22H,14H2,1-3H3,(H,30,34)/t18?,22-/m1/s1. The quantitative estimate of drug-likeness (QED) is 0.211. The zero-order chi connectivity index (χ0) is 30.2. The molecule has 1 saturated heterocycles. The van der Waals surface area contributed by atoms with Gasteiger partial charge in [0.15, 0.2) is 17.6 Å². The molecule has 0 saturated carbocycles. The van der Waals surface area contributed by atoms with E-state index in [1.54, 1.807) is 81.4 Å². The molecule has 2 amide bonds. The van der Waals surface area contributed by atoms with Gasteiger partial charge in [-0.3, -0.25) is 9.69 Å². The maximum absolute atomic E-state index is 13.6. The van der Waals surface area contributed by atoms with E-state index in [1.807, 2.05) is 0 Å². The SMILES string of the molecule is CC(C)(C)OC(=O)NC1C(=O)N2C(C(=O)OC(c3ccccc3)c3ccccc3)=C(OS(=O)(=O)C(F)(F)F)CS[C@H]12. The number of nitrogens with zero attached hydrogens (tertiary/aromatic N) is 1. The minimum Gasteiger partial charge on any atom is -0.448 e. The molecule has 1 fully saturated rings. The third-order valence-corrected chi connectivity index (χ3v) is 7.96. The van der Waals surface area contributed by atoms with Crippen molar-refractivity contribution in [2.24, 2.45) is 0 Å². The van der Waals surface area contributed by atoms with Crippen LogP contribution in [0.1, 0.15) is 38.0 Å². The van der Waals surface area contributed by atoms with Gasteiger partial charge >= 0.3 is 27.7 Å². The summed E-state index contributed by atoms with van der Waals surface area (Å²) in [6.45, 7) is 4.82. The van der Waals surface area contributed by atoms with Crippen molar-refractivity contribution in [1.82, 2.24) is 10.2 Å². The normalized spacial score (nSPS) is 19.3. The van der Waals surface area contributed by atoms with Gasteiger partial charge in [0.2, 0.25) is 0 Å². The van der Waals surface area contributed by atoms with Crippen molar-refractivity contribution in [3.05, 3.63) is 83.2 Å². The van der Waals surface area contributed by atoms with Crippen LogP contribution in [-0.4, -0.2) is 59.6 Å². The molecule has 0 bridgehead atoms. The molecule has 2 aromatic rings. The first kappa shape index (κ1) is 30.2. The molecule has 2 aromatic carbocycles. The summed E-state index contributed by atoms with van der Waals surface area (Å²) in [6, 6.07) is 15.6. The molecule has 0 radical (unpaired) electrons. The number of β-lactam (4-membered cyclic amide) rings is 1. The lowest BCUT2D eigenvalue weighted by atomic mass is 10.0. The highest BCUT2D eigenvalue weighted by Crippen LogP contribution is 2.43. The number of amides is 2. The van der Waals surface area contributed by atoms with Crippen LogP contribution in [0.2, 0.25) is 0 Å². The monoisotopic (exact) mass is 614 g/mol. The Labute approximate surface area is 237 Å². The average Bonchev–Trinajstić information content (AvgIpc) is 2.89. The number of carbonyl (C=O) groups excluding carboxylic acids is 3. The third kappa shape index (κ3) is 6.62. The predicted molar refractivity (Wildman–Crippen MR) is 140 cm³/mol. The summed E-state index contributed by atoms with van der Waals surface area (Å²) in [6.07, 6.45) is -2.00. The summed E-state index contributed by atoms with van der Waals surface area (Å²) in [7, 11) is -6.19. The van der Waals surface area contributed by atoms with Gasteiger partial charge in [-0.25, -0.2) is 9.59 Å². The zero-order valence-corrected chi connectivity index (χ0v) is 23.5. The van der Waals surface area contributed by atoms with Crippen LogP contribution in [0.25, 0.3) is 0 Å². The van der Waals surface area contributed by atoms with Gasteiger partial charge in [-0.2, -0.15) is 21.6 Å². The van der Waals surface area contributed by atoms with Crippen LogP contribution >= 0.6 is 11.8 Å². The first-order chi connectivity index (χ1) is 19.1. The van der Waals surface area contributed by atoms with Crippen LogP contribution in [0, 0.1) is 0 Å². The summed E-state index contributed by atoms with van der Waals surface area (Å²) in [4.78, 5) is 39.8. The summed E-state index contributed by atoms with van der Waals surface area (Å²) in [5.41, 5.74) is -6.50. The van der Waals surface area contributed by atoms with E-state index in [4.69, 9.17) is 9.47 Å². The second kappa shape index (κ2) is 11.3. The number of alkyl carbamates (subject to hydrolysis) is 1. The summed E-state index contributed by atoms with van der Waals surface area (Å²) in [5.74, 6) is -3.69. The number of ether oxygens (including phenoxy) is 2. The number of nitrogens with one attached hydrogen (secondary N) is 1. The van der Waals surface area contributed by atoms with Crippen molar-refractivity contribution in [1.29, 1.82) is 0 Å². The molecule has 2 aliphatic rings. The van der Waals surface area contributed by atoms with Gasteiger partial charge < -0.3 is 19.0 Å². The van der Waals surface area contributed by atoms with Crippen LogP contribution in [0.15, 0.2) is 72.1 Å². The summed E-state index contributed by atoms with van der Waals surface area (Å²) >= 11 is 0.789. The van der Waals surface area contributed by atoms with Crippen molar-refractivity contribution in [2.75, 3.05) is 5.75 Å². The summed E-state index contributed by atoms with van der Waals surface area (Å²) in [5, 5.41) is 1.39. The van der Waals surface area contributed by atoms with E-state index in [0.717, 1.165) is 16.7 Å². The molecule has 1 unspecified atom stereocenters. The number of hydrogen-bond acceptors (Lipinski definition) is 9. The van der Waals surface area contributed by atoms with E-state index < -0.39 is 73.9 Å².